The molecule has 7 nitrogen and oxygen atoms in total. The predicted octanol–water partition coefficient (Wildman–Crippen LogP) is 1.98. The molecule has 2 aliphatic heterocycles. The Labute approximate surface area is 156 Å². The zero-order valence-electron chi connectivity index (χ0n) is 14.4. The van der Waals surface area contributed by atoms with E-state index in [1.54, 1.807) is 24.3 Å². The van der Waals surface area contributed by atoms with E-state index in [9.17, 15) is 14.4 Å². The van der Waals surface area contributed by atoms with Crippen molar-refractivity contribution in [3.63, 3.8) is 0 Å². The van der Waals surface area contributed by atoms with E-state index in [4.69, 9.17) is 5.11 Å². The molecule has 1 aromatic rings. The Balaban J connectivity index is 1.37. The molecular formula is C18H23N3O4S. The van der Waals surface area contributed by atoms with Crippen LogP contribution in [-0.4, -0.2) is 46.1 Å². The van der Waals surface area contributed by atoms with Crippen LogP contribution >= 0.6 is 11.8 Å². The fourth-order valence-corrected chi connectivity index (χ4v) is 4.97. The van der Waals surface area contributed by atoms with E-state index >= 15 is 0 Å². The highest BCUT2D eigenvalue weighted by molar-refractivity contribution is 8.00. The highest BCUT2D eigenvalue weighted by Crippen LogP contribution is 2.33. The van der Waals surface area contributed by atoms with Crippen molar-refractivity contribution in [2.75, 3.05) is 11.1 Å². The molecule has 2 saturated heterocycles. The Morgan fingerprint density at radius 3 is 2.92 bits per heavy atom. The number of fused-ring (bicyclic) bond motifs is 1. The third kappa shape index (κ3) is 4.91. The van der Waals surface area contributed by atoms with E-state index in [1.165, 1.54) is 0 Å². The normalized spacial score (nSPS) is 23.8. The third-order valence-corrected chi connectivity index (χ3v) is 6.16. The van der Waals surface area contributed by atoms with Gasteiger partial charge < -0.3 is 21.1 Å². The van der Waals surface area contributed by atoms with Gasteiger partial charge in [0.2, 0.25) is 5.91 Å². The van der Waals surface area contributed by atoms with Crippen LogP contribution in [-0.2, 0) is 16.0 Å². The standard InChI is InChI=1S/C18H23N3O4S/c22-15(19-12-5-3-4-11(8-12)9-16(23)24)7-2-1-6-14-17-13(10-26-14)20-18(25)21-17/h3-5,8,13-14,17H,1-2,6-7,9-10H2,(H,19,22)(H,23,24)(H2,20,21,25)/t13-,14-,17-/m0/s1. The minimum atomic E-state index is -0.894. The van der Waals surface area contributed by atoms with Crippen molar-refractivity contribution in [3.05, 3.63) is 29.8 Å². The summed E-state index contributed by atoms with van der Waals surface area (Å²) in [5, 5.41) is 18.0. The molecule has 0 aromatic heterocycles. The molecule has 2 fully saturated rings. The maximum Gasteiger partial charge on any atom is 0.315 e. The van der Waals surface area contributed by atoms with Gasteiger partial charge in [0, 0.05) is 23.1 Å². The van der Waals surface area contributed by atoms with Crippen LogP contribution in [0.4, 0.5) is 10.5 Å². The van der Waals surface area contributed by atoms with E-state index in [-0.39, 0.29) is 30.4 Å². The first-order valence-corrected chi connectivity index (χ1v) is 9.85. The summed E-state index contributed by atoms with van der Waals surface area (Å²) < 4.78 is 0. The van der Waals surface area contributed by atoms with Gasteiger partial charge in [-0.3, -0.25) is 9.59 Å². The predicted molar refractivity (Wildman–Crippen MR) is 100 cm³/mol. The van der Waals surface area contributed by atoms with E-state index < -0.39 is 5.97 Å². The van der Waals surface area contributed by atoms with Gasteiger partial charge in [-0.05, 0) is 30.5 Å². The largest absolute Gasteiger partial charge is 0.481 e. The SMILES string of the molecule is O=C(O)Cc1cccc(NC(=O)CCCC[C@@H]2SC[C@@H]3NC(=O)N[C@@H]32)c1. The number of anilines is 1. The van der Waals surface area contributed by atoms with Crippen LogP contribution in [0.1, 0.15) is 31.2 Å². The monoisotopic (exact) mass is 377 g/mol. The van der Waals surface area contributed by atoms with Crippen molar-refractivity contribution < 1.29 is 19.5 Å². The molecule has 0 saturated carbocycles. The summed E-state index contributed by atoms with van der Waals surface area (Å²) in [5.74, 6) is -0.0132. The first kappa shape index (κ1) is 18.6. The van der Waals surface area contributed by atoms with E-state index in [0.29, 0.717) is 22.9 Å². The minimum Gasteiger partial charge on any atom is -0.481 e. The van der Waals surface area contributed by atoms with Crippen LogP contribution in [0.25, 0.3) is 0 Å². The minimum absolute atomic E-state index is 0.0592. The quantitative estimate of drug-likeness (QED) is 0.409. The lowest BCUT2D eigenvalue weighted by Gasteiger charge is -2.16. The van der Waals surface area contributed by atoms with Gasteiger partial charge in [0.25, 0.3) is 0 Å². The maximum atomic E-state index is 12.1. The molecule has 4 N–H and O–H groups in total. The van der Waals surface area contributed by atoms with Gasteiger partial charge in [-0.15, -0.1) is 0 Å². The van der Waals surface area contributed by atoms with Crippen molar-refractivity contribution in [2.45, 2.75) is 49.4 Å². The molecule has 0 radical (unpaired) electrons. The highest BCUT2D eigenvalue weighted by atomic mass is 32.2. The summed E-state index contributed by atoms with van der Waals surface area (Å²) in [6.45, 7) is 0. The number of carbonyl (C=O) groups excluding carboxylic acids is 2. The van der Waals surface area contributed by atoms with Gasteiger partial charge in [-0.2, -0.15) is 11.8 Å². The number of thioether (sulfide) groups is 1. The second kappa shape index (κ2) is 8.44. The van der Waals surface area contributed by atoms with Crippen LogP contribution < -0.4 is 16.0 Å². The topological polar surface area (TPSA) is 108 Å². The summed E-state index contributed by atoms with van der Waals surface area (Å²) in [5.41, 5.74) is 1.29. The van der Waals surface area contributed by atoms with Crippen molar-refractivity contribution in [3.8, 4) is 0 Å². The number of amides is 3. The number of carboxylic acid groups (broad SMARTS) is 1. The van der Waals surface area contributed by atoms with Gasteiger partial charge in [0.15, 0.2) is 0 Å². The summed E-state index contributed by atoms with van der Waals surface area (Å²) in [6.07, 6.45) is 3.07. The molecule has 2 heterocycles. The Bertz CT molecular complexity index is 697. The van der Waals surface area contributed by atoms with Crippen molar-refractivity contribution >= 4 is 35.4 Å². The molecule has 1 aromatic carbocycles. The molecule has 8 heteroatoms. The molecule has 3 rings (SSSR count). The number of urea groups is 1. The van der Waals surface area contributed by atoms with E-state index in [1.807, 2.05) is 11.8 Å². The van der Waals surface area contributed by atoms with E-state index in [2.05, 4.69) is 16.0 Å². The van der Waals surface area contributed by atoms with Crippen LogP contribution in [0.2, 0.25) is 0 Å². The zero-order chi connectivity index (χ0) is 18.5. The average Bonchev–Trinajstić information content (AvgIpc) is 3.11. The second-order valence-electron chi connectivity index (χ2n) is 6.69. The lowest BCUT2D eigenvalue weighted by molar-refractivity contribution is -0.136. The molecule has 0 spiro atoms. The number of benzene rings is 1. The first-order chi connectivity index (χ1) is 12.5. The number of nitrogens with one attached hydrogen (secondary N) is 3. The smallest absolute Gasteiger partial charge is 0.315 e. The van der Waals surface area contributed by atoms with Crippen LogP contribution in [0.5, 0.6) is 0 Å². The summed E-state index contributed by atoms with van der Waals surface area (Å²) in [6, 6.07) is 7.29. The van der Waals surface area contributed by atoms with Gasteiger partial charge >= 0.3 is 12.0 Å². The Morgan fingerprint density at radius 1 is 1.27 bits per heavy atom. The molecule has 0 aliphatic carbocycles. The number of aliphatic carboxylic acids is 1. The molecule has 3 amide bonds. The number of carbonyl (C=O) groups is 3. The number of unbranched alkanes of at least 4 members (excludes halogenated alkanes) is 1. The molecule has 3 atom stereocenters. The zero-order valence-corrected chi connectivity index (χ0v) is 15.2. The molecule has 2 aliphatic rings. The number of hydrogen-bond donors (Lipinski definition) is 4. The number of rotatable bonds is 8. The fraction of sp³-hybridized carbons (Fsp3) is 0.500. The van der Waals surface area contributed by atoms with Crippen LogP contribution in [0, 0.1) is 0 Å². The first-order valence-electron chi connectivity index (χ1n) is 8.80. The lowest BCUT2D eigenvalue weighted by atomic mass is 10.0. The van der Waals surface area contributed by atoms with Crippen molar-refractivity contribution in [1.29, 1.82) is 0 Å². The molecule has 0 unspecified atom stereocenters. The van der Waals surface area contributed by atoms with Crippen LogP contribution in [0.3, 0.4) is 0 Å². The summed E-state index contributed by atoms with van der Waals surface area (Å²) in [4.78, 5) is 34.2. The van der Waals surface area contributed by atoms with Gasteiger partial charge in [-0.25, -0.2) is 4.79 Å². The number of hydrogen-bond acceptors (Lipinski definition) is 4. The Hall–Kier alpha value is -2.22. The second-order valence-corrected chi connectivity index (χ2v) is 7.96. The van der Waals surface area contributed by atoms with Crippen molar-refractivity contribution in [2.24, 2.45) is 0 Å². The third-order valence-electron chi connectivity index (χ3n) is 4.65. The average molecular weight is 377 g/mol. The molecule has 26 heavy (non-hydrogen) atoms. The highest BCUT2D eigenvalue weighted by Gasteiger charge is 2.42. The Morgan fingerprint density at radius 2 is 2.12 bits per heavy atom. The summed E-state index contributed by atoms with van der Waals surface area (Å²) >= 11 is 1.88. The lowest BCUT2D eigenvalue weighted by Crippen LogP contribution is -2.36. The fourth-order valence-electron chi connectivity index (χ4n) is 3.43. The van der Waals surface area contributed by atoms with E-state index in [0.717, 1.165) is 25.0 Å². The molecule has 0 bridgehead atoms. The van der Waals surface area contributed by atoms with Gasteiger partial charge in [0.1, 0.15) is 0 Å². The Kier molecular flexibility index (Phi) is 6.03. The molecular weight excluding hydrogens is 354 g/mol. The summed E-state index contributed by atoms with van der Waals surface area (Å²) in [7, 11) is 0. The van der Waals surface area contributed by atoms with Gasteiger partial charge in [-0.1, -0.05) is 18.6 Å². The van der Waals surface area contributed by atoms with Crippen LogP contribution in [0.15, 0.2) is 24.3 Å². The number of carboxylic acids is 1. The molecule has 140 valence electrons. The van der Waals surface area contributed by atoms with Gasteiger partial charge in [0.05, 0.1) is 18.5 Å². The maximum absolute atomic E-state index is 12.1. The van der Waals surface area contributed by atoms with Crippen molar-refractivity contribution in [1.82, 2.24) is 10.6 Å².